The molecule has 162 valence electrons. The predicted octanol–water partition coefficient (Wildman–Crippen LogP) is 3.06. The normalized spacial score (nSPS) is 13.8. The minimum atomic E-state index is -0.280. The van der Waals surface area contributed by atoms with Crippen molar-refractivity contribution in [2.24, 2.45) is 0 Å². The Morgan fingerprint density at radius 3 is 2.77 bits per heavy atom. The van der Waals surface area contributed by atoms with Crippen molar-refractivity contribution in [3.05, 3.63) is 42.2 Å². The van der Waals surface area contributed by atoms with Crippen molar-refractivity contribution in [3.8, 4) is 11.5 Å². The van der Waals surface area contributed by atoms with Crippen LogP contribution >= 0.6 is 11.3 Å². The summed E-state index contributed by atoms with van der Waals surface area (Å²) < 4.78 is 6.75. The number of ether oxygens (including phenoxy) is 1. The van der Waals surface area contributed by atoms with E-state index in [0.29, 0.717) is 23.2 Å². The number of nitrogens with one attached hydrogen (secondary N) is 3. The predicted molar refractivity (Wildman–Crippen MR) is 120 cm³/mol. The van der Waals surface area contributed by atoms with Crippen LogP contribution in [0.5, 0.6) is 11.5 Å². The maximum atomic E-state index is 12.1. The number of hydrogen-bond acceptors (Lipinski definition) is 7. The molecule has 1 fully saturated rings. The van der Waals surface area contributed by atoms with E-state index in [0.717, 1.165) is 29.9 Å². The smallest absolute Gasteiger partial charge is 0.321 e. The Labute approximate surface area is 183 Å². The van der Waals surface area contributed by atoms with Crippen LogP contribution in [0.3, 0.4) is 0 Å². The Morgan fingerprint density at radius 2 is 1.97 bits per heavy atom. The highest BCUT2D eigenvalue weighted by Crippen LogP contribution is 2.31. The van der Waals surface area contributed by atoms with Crippen LogP contribution in [0.15, 0.2) is 36.5 Å². The summed E-state index contributed by atoms with van der Waals surface area (Å²) >= 11 is 1.37. The molecule has 9 nitrogen and oxygen atoms in total. The molecule has 0 spiro atoms. The number of anilines is 1. The number of carbonyl (C=O) groups is 2. The highest BCUT2D eigenvalue weighted by atomic mass is 32.1. The van der Waals surface area contributed by atoms with Gasteiger partial charge in [-0.05, 0) is 44.1 Å². The first kappa shape index (κ1) is 21.0. The fourth-order valence-corrected chi connectivity index (χ4v) is 4.25. The minimum Gasteiger partial charge on any atom is -0.457 e. The SMILES string of the molecule is CNC(=O)c1cc(Oc2ccc3nc(NC(=O)NCCN4CCCC4)sc3c2)ccn1. The van der Waals surface area contributed by atoms with E-state index in [1.807, 2.05) is 12.1 Å². The molecule has 1 aliphatic heterocycles. The van der Waals surface area contributed by atoms with Crippen LogP contribution in [0.4, 0.5) is 9.93 Å². The van der Waals surface area contributed by atoms with E-state index < -0.39 is 0 Å². The van der Waals surface area contributed by atoms with Crippen LogP contribution in [0.1, 0.15) is 23.3 Å². The molecular formula is C21H24N6O3S. The lowest BCUT2D eigenvalue weighted by Gasteiger charge is -2.14. The number of pyridine rings is 1. The highest BCUT2D eigenvalue weighted by molar-refractivity contribution is 7.22. The third-order valence-corrected chi connectivity index (χ3v) is 5.85. The molecule has 3 N–H and O–H groups in total. The molecule has 10 heteroatoms. The van der Waals surface area contributed by atoms with Gasteiger partial charge >= 0.3 is 6.03 Å². The molecule has 0 bridgehead atoms. The second-order valence-corrected chi connectivity index (χ2v) is 8.17. The average Bonchev–Trinajstić information content (AvgIpc) is 3.42. The molecule has 1 aliphatic rings. The van der Waals surface area contributed by atoms with Crippen molar-refractivity contribution in [1.29, 1.82) is 0 Å². The number of amides is 3. The van der Waals surface area contributed by atoms with Crippen molar-refractivity contribution in [2.75, 3.05) is 38.5 Å². The minimum absolute atomic E-state index is 0.256. The van der Waals surface area contributed by atoms with E-state index in [2.05, 4.69) is 30.8 Å². The topological polar surface area (TPSA) is 108 Å². The molecule has 4 rings (SSSR count). The second-order valence-electron chi connectivity index (χ2n) is 7.14. The Morgan fingerprint density at radius 1 is 1.16 bits per heavy atom. The first-order chi connectivity index (χ1) is 15.1. The molecule has 0 atom stereocenters. The molecule has 0 unspecified atom stereocenters. The molecule has 0 saturated carbocycles. The van der Waals surface area contributed by atoms with Crippen LogP contribution in [0, 0.1) is 0 Å². The Kier molecular flexibility index (Phi) is 6.58. The van der Waals surface area contributed by atoms with E-state index in [9.17, 15) is 9.59 Å². The number of benzene rings is 1. The highest BCUT2D eigenvalue weighted by Gasteiger charge is 2.13. The summed E-state index contributed by atoms with van der Waals surface area (Å²) in [7, 11) is 1.55. The van der Waals surface area contributed by atoms with E-state index in [4.69, 9.17) is 4.74 Å². The molecule has 1 aromatic carbocycles. The van der Waals surface area contributed by atoms with E-state index in [-0.39, 0.29) is 17.6 Å². The summed E-state index contributed by atoms with van der Waals surface area (Å²) in [5, 5.41) is 8.74. The molecule has 3 amide bonds. The van der Waals surface area contributed by atoms with Crippen LogP contribution < -0.4 is 20.7 Å². The zero-order chi connectivity index (χ0) is 21.6. The zero-order valence-corrected chi connectivity index (χ0v) is 18.0. The Bertz CT molecular complexity index is 1080. The van der Waals surface area contributed by atoms with Crippen molar-refractivity contribution in [2.45, 2.75) is 12.8 Å². The van der Waals surface area contributed by atoms with Gasteiger partial charge in [0, 0.05) is 38.5 Å². The zero-order valence-electron chi connectivity index (χ0n) is 17.2. The average molecular weight is 441 g/mol. The molecule has 1 saturated heterocycles. The van der Waals surface area contributed by atoms with Gasteiger partial charge in [-0.1, -0.05) is 11.3 Å². The molecule has 0 radical (unpaired) electrons. The molecule has 3 heterocycles. The largest absolute Gasteiger partial charge is 0.457 e. The molecular weight excluding hydrogens is 416 g/mol. The lowest BCUT2D eigenvalue weighted by molar-refractivity contribution is 0.0958. The number of nitrogens with zero attached hydrogens (tertiary/aromatic N) is 3. The number of thiazole rings is 1. The summed E-state index contributed by atoms with van der Waals surface area (Å²) in [4.78, 5) is 34.7. The van der Waals surface area contributed by atoms with Gasteiger partial charge in [-0.2, -0.15) is 0 Å². The van der Waals surface area contributed by atoms with Gasteiger partial charge in [0.15, 0.2) is 5.13 Å². The van der Waals surface area contributed by atoms with Gasteiger partial charge in [-0.25, -0.2) is 9.78 Å². The van der Waals surface area contributed by atoms with Gasteiger partial charge in [0.25, 0.3) is 5.91 Å². The summed E-state index contributed by atoms with van der Waals surface area (Å²) in [6, 6.07) is 8.48. The quantitative estimate of drug-likeness (QED) is 0.521. The molecule has 3 aromatic rings. The van der Waals surface area contributed by atoms with E-state index >= 15 is 0 Å². The number of aromatic nitrogens is 2. The van der Waals surface area contributed by atoms with E-state index in [1.165, 1.54) is 30.4 Å². The molecule has 31 heavy (non-hydrogen) atoms. The number of likely N-dealkylation sites (tertiary alicyclic amines) is 1. The third kappa shape index (κ3) is 5.47. The van der Waals surface area contributed by atoms with Crippen LogP contribution in [0.2, 0.25) is 0 Å². The number of carbonyl (C=O) groups excluding carboxylic acids is 2. The van der Waals surface area contributed by atoms with Gasteiger partial charge < -0.3 is 20.3 Å². The third-order valence-electron chi connectivity index (χ3n) is 4.92. The summed E-state index contributed by atoms with van der Waals surface area (Å²) in [6.07, 6.45) is 4.00. The fraction of sp³-hybridized carbons (Fsp3) is 0.333. The summed E-state index contributed by atoms with van der Waals surface area (Å²) in [6.45, 7) is 3.69. The number of fused-ring (bicyclic) bond motifs is 1. The first-order valence-electron chi connectivity index (χ1n) is 10.1. The lowest BCUT2D eigenvalue weighted by Crippen LogP contribution is -2.35. The molecule has 0 aliphatic carbocycles. The standard InChI is InChI=1S/C21H24N6O3S/c1-22-19(28)17-12-15(6-7-23-17)30-14-4-5-16-18(13-14)31-21(25-16)26-20(29)24-8-11-27-9-2-3-10-27/h4-7,12-13H,2-3,8-11H2,1H3,(H,22,28)(H2,24,25,26,29). The van der Waals surface area contributed by atoms with Gasteiger partial charge in [0.1, 0.15) is 17.2 Å². The Balaban J connectivity index is 1.36. The maximum Gasteiger partial charge on any atom is 0.321 e. The number of rotatable bonds is 7. The van der Waals surface area contributed by atoms with Gasteiger partial charge in [0.2, 0.25) is 0 Å². The van der Waals surface area contributed by atoms with Crippen LogP contribution in [-0.2, 0) is 0 Å². The van der Waals surface area contributed by atoms with Crippen molar-refractivity contribution in [3.63, 3.8) is 0 Å². The van der Waals surface area contributed by atoms with Gasteiger partial charge in [-0.15, -0.1) is 0 Å². The summed E-state index contributed by atoms with van der Waals surface area (Å²) in [5.41, 5.74) is 1.05. The second kappa shape index (κ2) is 9.71. The van der Waals surface area contributed by atoms with Crippen molar-refractivity contribution >= 4 is 38.6 Å². The van der Waals surface area contributed by atoms with Crippen LogP contribution in [0.25, 0.3) is 10.2 Å². The first-order valence-corrected chi connectivity index (χ1v) is 11.0. The maximum absolute atomic E-state index is 12.1. The van der Waals surface area contributed by atoms with Crippen molar-refractivity contribution in [1.82, 2.24) is 25.5 Å². The van der Waals surface area contributed by atoms with Gasteiger partial charge in [0.05, 0.1) is 10.2 Å². The lowest BCUT2D eigenvalue weighted by atomic mass is 10.3. The Hall–Kier alpha value is -3.24. The summed E-state index contributed by atoms with van der Waals surface area (Å²) in [5.74, 6) is 0.831. The van der Waals surface area contributed by atoms with Crippen LogP contribution in [-0.4, -0.2) is 60.0 Å². The fourth-order valence-electron chi connectivity index (χ4n) is 3.36. The number of urea groups is 1. The van der Waals surface area contributed by atoms with Crippen molar-refractivity contribution < 1.29 is 14.3 Å². The molecule has 2 aromatic heterocycles. The van der Waals surface area contributed by atoms with Gasteiger partial charge in [-0.3, -0.25) is 15.1 Å². The van der Waals surface area contributed by atoms with E-state index in [1.54, 1.807) is 25.2 Å². The monoisotopic (exact) mass is 440 g/mol. The number of hydrogen-bond donors (Lipinski definition) is 3.